The fourth-order valence-electron chi connectivity index (χ4n) is 2.33. The zero-order chi connectivity index (χ0) is 12.2. The van der Waals surface area contributed by atoms with Crippen LogP contribution in [0.15, 0.2) is 12.2 Å². The summed E-state index contributed by atoms with van der Waals surface area (Å²) < 4.78 is 5.37. The van der Waals surface area contributed by atoms with Crippen LogP contribution in [-0.4, -0.2) is 26.3 Å². The Balaban J connectivity index is 1.83. The molecule has 0 aromatic carbocycles. The van der Waals surface area contributed by atoms with Crippen LogP contribution in [0.5, 0.6) is 0 Å². The van der Waals surface area contributed by atoms with Gasteiger partial charge in [0.2, 0.25) is 0 Å². The van der Waals surface area contributed by atoms with E-state index in [2.05, 4.69) is 24.4 Å². The summed E-state index contributed by atoms with van der Waals surface area (Å²) in [6.45, 7) is 6.35. The van der Waals surface area contributed by atoms with Gasteiger partial charge in [0.1, 0.15) is 0 Å². The SMILES string of the molecule is CCNCC/C=C/CCCCC1CCOCC1. The number of hydrogen-bond donors (Lipinski definition) is 1. The van der Waals surface area contributed by atoms with Crippen molar-refractivity contribution < 1.29 is 4.74 Å². The molecule has 2 nitrogen and oxygen atoms in total. The summed E-state index contributed by atoms with van der Waals surface area (Å²) in [5.41, 5.74) is 0. The quantitative estimate of drug-likeness (QED) is 0.491. The van der Waals surface area contributed by atoms with E-state index in [-0.39, 0.29) is 0 Å². The summed E-state index contributed by atoms with van der Waals surface area (Å²) >= 11 is 0. The fraction of sp³-hybridized carbons (Fsp3) is 0.867. The average molecular weight is 239 g/mol. The molecule has 0 radical (unpaired) electrons. The Morgan fingerprint density at radius 2 is 1.88 bits per heavy atom. The van der Waals surface area contributed by atoms with Crippen LogP contribution in [0.4, 0.5) is 0 Å². The van der Waals surface area contributed by atoms with Crippen LogP contribution in [0.25, 0.3) is 0 Å². The van der Waals surface area contributed by atoms with Crippen molar-refractivity contribution in [3.8, 4) is 0 Å². The number of rotatable bonds is 9. The Kier molecular flexibility index (Phi) is 9.34. The van der Waals surface area contributed by atoms with Crippen LogP contribution in [0, 0.1) is 5.92 Å². The summed E-state index contributed by atoms with van der Waals surface area (Å²) in [4.78, 5) is 0. The standard InChI is InChI=1S/C15H29NO/c1-2-16-12-8-6-4-3-5-7-9-15-10-13-17-14-11-15/h4,6,15-16H,2-3,5,7-14H2,1H3/b6-4+. The molecule has 1 heterocycles. The Morgan fingerprint density at radius 3 is 2.65 bits per heavy atom. The minimum Gasteiger partial charge on any atom is -0.381 e. The lowest BCUT2D eigenvalue weighted by atomic mass is 9.94. The third-order valence-electron chi connectivity index (χ3n) is 3.48. The van der Waals surface area contributed by atoms with Gasteiger partial charge in [0, 0.05) is 13.2 Å². The highest BCUT2D eigenvalue weighted by atomic mass is 16.5. The first kappa shape index (κ1) is 14.7. The summed E-state index contributed by atoms with van der Waals surface area (Å²) in [5, 5.41) is 3.33. The van der Waals surface area contributed by atoms with Gasteiger partial charge in [0.15, 0.2) is 0 Å². The van der Waals surface area contributed by atoms with Crippen molar-refractivity contribution in [2.24, 2.45) is 5.92 Å². The first-order valence-corrected chi connectivity index (χ1v) is 7.37. The van der Waals surface area contributed by atoms with Crippen LogP contribution in [-0.2, 0) is 4.74 Å². The van der Waals surface area contributed by atoms with Crippen LogP contribution >= 0.6 is 0 Å². The van der Waals surface area contributed by atoms with Crippen molar-refractivity contribution in [2.45, 2.75) is 51.9 Å². The second-order valence-electron chi connectivity index (χ2n) is 4.95. The van der Waals surface area contributed by atoms with Crippen LogP contribution in [0.3, 0.4) is 0 Å². The van der Waals surface area contributed by atoms with Crippen LogP contribution < -0.4 is 5.32 Å². The lowest BCUT2D eigenvalue weighted by Gasteiger charge is -2.21. The van der Waals surface area contributed by atoms with Gasteiger partial charge in [0.25, 0.3) is 0 Å². The van der Waals surface area contributed by atoms with Crippen molar-refractivity contribution in [1.29, 1.82) is 0 Å². The molecular weight excluding hydrogens is 210 g/mol. The predicted octanol–water partition coefficient (Wildman–Crippen LogP) is 3.53. The molecule has 100 valence electrons. The minimum atomic E-state index is 0.946. The zero-order valence-electron chi connectivity index (χ0n) is 11.4. The number of hydrogen-bond acceptors (Lipinski definition) is 2. The molecule has 1 fully saturated rings. The Labute approximate surface area is 107 Å². The monoisotopic (exact) mass is 239 g/mol. The third-order valence-corrected chi connectivity index (χ3v) is 3.48. The normalized spacial score (nSPS) is 17.9. The molecule has 1 aliphatic rings. The molecule has 0 aliphatic carbocycles. The first-order valence-electron chi connectivity index (χ1n) is 7.37. The van der Waals surface area contributed by atoms with E-state index in [1.54, 1.807) is 0 Å². The molecular formula is C15H29NO. The number of unbranched alkanes of at least 4 members (excludes halogenated alkanes) is 2. The van der Waals surface area contributed by atoms with E-state index in [1.807, 2.05) is 0 Å². The van der Waals surface area contributed by atoms with E-state index in [0.717, 1.165) is 32.2 Å². The van der Waals surface area contributed by atoms with Gasteiger partial charge in [-0.1, -0.05) is 31.9 Å². The molecule has 0 atom stereocenters. The zero-order valence-corrected chi connectivity index (χ0v) is 11.4. The Bertz CT molecular complexity index is 185. The second kappa shape index (κ2) is 10.8. The van der Waals surface area contributed by atoms with E-state index < -0.39 is 0 Å². The molecule has 2 heteroatoms. The van der Waals surface area contributed by atoms with Crippen molar-refractivity contribution in [3.05, 3.63) is 12.2 Å². The topological polar surface area (TPSA) is 21.3 Å². The van der Waals surface area contributed by atoms with Gasteiger partial charge in [0.05, 0.1) is 0 Å². The molecule has 0 amide bonds. The van der Waals surface area contributed by atoms with Crippen molar-refractivity contribution in [3.63, 3.8) is 0 Å². The van der Waals surface area contributed by atoms with Gasteiger partial charge in [-0.05, 0) is 51.1 Å². The van der Waals surface area contributed by atoms with E-state index in [4.69, 9.17) is 4.74 Å². The molecule has 0 saturated carbocycles. The Hall–Kier alpha value is -0.340. The first-order chi connectivity index (χ1) is 8.43. The van der Waals surface area contributed by atoms with Gasteiger partial charge >= 0.3 is 0 Å². The predicted molar refractivity (Wildman–Crippen MR) is 74.3 cm³/mol. The number of ether oxygens (including phenoxy) is 1. The van der Waals surface area contributed by atoms with E-state index >= 15 is 0 Å². The van der Waals surface area contributed by atoms with Gasteiger partial charge in [-0.25, -0.2) is 0 Å². The minimum absolute atomic E-state index is 0.946. The molecule has 0 unspecified atom stereocenters. The van der Waals surface area contributed by atoms with Crippen molar-refractivity contribution in [2.75, 3.05) is 26.3 Å². The largest absolute Gasteiger partial charge is 0.381 e. The molecule has 1 N–H and O–H groups in total. The lowest BCUT2D eigenvalue weighted by Crippen LogP contribution is -2.15. The summed E-state index contributed by atoms with van der Waals surface area (Å²) in [5.74, 6) is 0.946. The van der Waals surface area contributed by atoms with Crippen LogP contribution in [0.1, 0.15) is 51.9 Å². The summed E-state index contributed by atoms with van der Waals surface area (Å²) in [7, 11) is 0. The highest BCUT2D eigenvalue weighted by Crippen LogP contribution is 2.21. The highest BCUT2D eigenvalue weighted by molar-refractivity contribution is 4.82. The molecule has 0 aromatic heterocycles. The number of allylic oxidation sites excluding steroid dienone is 1. The fourth-order valence-corrected chi connectivity index (χ4v) is 2.33. The molecule has 1 aliphatic heterocycles. The van der Waals surface area contributed by atoms with Gasteiger partial charge < -0.3 is 10.1 Å². The molecule has 0 bridgehead atoms. The maximum absolute atomic E-state index is 5.37. The molecule has 17 heavy (non-hydrogen) atoms. The Morgan fingerprint density at radius 1 is 1.12 bits per heavy atom. The lowest BCUT2D eigenvalue weighted by molar-refractivity contribution is 0.0632. The molecule has 0 spiro atoms. The van der Waals surface area contributed by atoms with E-state index in [1.165, 1.54) is 44.9 Å². The third kappa shape index (κ3) is 8.39. The van der Waals surface area contributed by atoms with Crippen molar-refractivity contribution >= 4 is 0 Å². The van der Waals surface area contributed by atoms with E-state index in [9.17, 15) is 0 Å². The highest BCUT2D eigenvalue weighted by Gasteiger charge is 2.12. The van der Waals surface area contributed by atoms with Gasteiger partial charge in [-0.2, -0.15) is 0 Å². The molecule has 1 saturated heterocycles. The van der Waals surface area contributed by atoms with Crippen LogP contribution in [0.2, 0.25) is 0 Å². The summed E-state index contributed by atoms with van der Waals surface area (Å²) in [6, 6.07) is 0. The van der Waals surface area contributed by atoms with Gasteiger partial charge in [-0.3, -0.25) is 0 Å². The maximum Gasteiger partial charge on any atom is 0.0468 e. The molecule has 0 aromatic rings. The second-order valence-corrected chi connectivity index (χ2v) is 4.95. The maximum atomic E-state index is 5.37. The number of nitrogens with one attached hydrogen (secondary N) is 1. The summed E-state index contributed by atoms with van der Waals surface area (Å²) in [6.07, 6.45) is 13.8. The van der Waals surface area contributed by atoms with Gasteiger partial charge in [-0.15, -0.1) is 0 Å². The van der Waals surface area contributed by atoms with E-state index in [0.29, 0.717) is 0 Å². The van der Waals surface area contributed by atoms with Crippen molar-refractivity contribution in [1.82, 2.24) is 5.32 Å². The smallest absolute Gasteiger partial charge is 0.0468 e. The molecule has 1 rings (SSSR count). The average Bonchev–Trinajstić information content (AvgIpc) is 2.38.